The number of hydrogen-bond acceptors (Lipinski definition) is 2. The second-order valence-electron chi connectivity index (χ2n) is 6.38. The van der Waals surface area contributed by atoms with Crippen molar-refractivity contribution >= 4 is 0 Å². The van der Waals surface area contributed by atoms with Crippen LogP contribution in [0, 0.1) is 22.7 Å². The molecule has 0 saturated heterocycles. The first-order valence-electron chi connectivity index (χ1n) is 7.82. The molecule has 2 atom stereocenters. The van der Waals surface area contributed by atoms with Crippen LogP contribution in [0.25, 0.3) is 0 Å². The quantitative estimate of drug-likeness (QED) is 0.797. The maximum absolute atomic E-state index is 11.2. The van der Waals surface area contributed by atoms with E-state index in [0.717, 1.165) is 51.4 Å². The molecule has 2 unspecified atom stereocenters. The molecule has 0 heterocycles. The van der Waals surface area contributed by atoms with Gasteiger partial charge in [0, 0.05) is 0 Å². The summed E-state index contributed by atoms with van der Waals surface area (Å²) in [7, 11) is 0. The summed E-state index contributed by atoms with van der Waals surface area (Å²) in [4.78, 5) is 0. The number of nitriles is 1. The normalized spacial score (nSPS) is 36.6. The average molecular weight is 249 g/mol. The molecule has 1 N–H and O–H groups in total. The lowest BCUT2D eigenvalue weighted by Gasteiger charge is -2.45. The van der Waals surface area contributed by atoms with Crippen molar-refractivity contribution in [2.75, 3.05) is 0 Å². The molecule has 2 aliphatic carbocycles. The molecule has 2 saturated carbocycles. The van der Waals surface area contributed by atoms with Crippen molar-refractivity contribution in [3.05, 3.63) is 0 Å². The first kappa shape index (κ1) is 13.9. The standard InChI is InChI=1S/C16H27NO/c1-2-14-9-8-12-16(14,18)15(13-17)10-6-4-3-5-7-11-15/h14,18H,2-12H2,1H3. The minimum absolute atomic E-state index is 0.344. The highest BCUT2D eigenvalue weighted by Crippen LogP contribution is 2.54. The van der Waals surface area contributed by atoms with Gasteiger partial charge in [0.25, 0.3) is 0 Å². The fourth-order valence-electron chi connectivity index (χ4n) is 4.38. The van der Waals surface area contributed by atoms with Gasteiger partial charge in [-0.25, -0.2) is 0 Å². The van der Waals surface area contributed by atoms with Crippen LogP contribution in [0.15, 0.2) is 0 Å². The second kappa shape index (κ2) is 5.61. The zero-order valence-electron chi connectivity index (χ0n) is 11.7. The van der Waals surface area contributed by atoms with E-state index in [1.165, 1.54) is 19.3 Å². The van der Waals surface area contributed by atoms with Crippen molar-refractivity contribution in [2.24, 2.45) is 11.3 Å². The molecule has 0 spiro atoms. The number of aliphatic hydroxyl groups is 1. The van der Waals surface area contributed by atoms with Crippen LogP contribution in [-0.2, 0) is 0 Å². The molecule has 0 radical (unpaired) electrons. The average Bonchev–Trinajstić information content (AvgIpc) is 2.72. The molecule has 2 rings (SSSR count). The fraction of sp³-hybridized carbons (Fsp3) is 0.938. The predicted octanol–water partition coefficient (Wildman–Crippen LogP) is 4.18. The van der Waals surface area contributed by atoms with Gasteiger partial charge in [-0.2, -0.15) is 5.26 Å². The van der Waals surface area contributed by atoms with E-state index in [2.05, 4.69) is 13.0 Å². The monoisotopic (exact) mass is 249 g/mol. The summed E-state index contributed by atoms with van der Waals surface area (Å²) in [6, 6.07) is 2.58. The molecule has 102 valence electrons. The van der Waals surface area contributed by atoms with E-state index in [4.69, 9.17) is 0 Å². The molecule has 18 heavy (non-hydrogen) atoms. The Bertz CT molecular complexity index is 312. The van der Waals surface area contributed by atoms with Gasteiger partial charge in [-0.05, 0) is 31.6 Å². The third-order valence-electron chi connectivity index (χ3n) is 5.53. The Morgan fingerprint density at radius 3 is 2.22 bits per heavy atom. The molecule has 2 heteroatoms. The molecule has 2 aliphatic rings. The molecule has 2 nitrogen and oxygen atoms in total. The van der Waals surface area contributed by atoms with Gasteiger partial charge in [-0.15, -0.1) is 0 Å². The summed E-state index contributed by atoms with van der Waals surface area (Å²) in [5.74, 6) is 0.344. The summed E-state index contributed by atoms with van der Waals surface area (Å²) < 4.78 is 0. The van der Waals surface area contributed by atoms with Crippen LogP contribution in [0.4, 0.5) is 0 Å². The lowest BCUT2D eigenvalue weighted by Crippen LogP contribution is -2.50. The molecule has 0 aliphatic heterocycles. The largest absolute Gasteiger partial charge is 0.388 e. The molecule has 0 aromatic rings. The summed E-state index contributed by atoms with van der Waals surface area (Å²) in [5, 5.41) is 21.0. The van der Waals surface area contributed by atoms with Crippen LogP contribution in [0.2, 0.25) is 0 Å². The van der Waals surface area contributed by atoms with Crippen molar-refractivity contribution in [1.29, 1.82) is 5.26 Å². The third kappa shape index (κ3) is 2.18. The summed E-state index contributed by atoms with van der Waals surface area (Å²) in [6.07, 6.45) is 11.9. The molecule has 0 aromatic heterocycles. The minimum atomic E-state index is -0.701. The second-order valence-corrected chi connectivity index (χ2v) is 6.38. The van der Waals surface area contributed by atoms with E-state index in [0.29, 0.717) is 5.92 Å². The first-order chi connectivity index (χ1) is 8.68. The Morgan fingerprint density at radius 2 is 1.67 bits per heavy atom. The molecule has 2 fully saturated rings. The van der Waals surface area contributed by atoms with Gasteiger partial charge in [0.15, 0.2) is 0 Å². The van der Waals surface area contributed by atoms with Gasteiger partial charge < -0.3 is 5.11 Å². The maximum atomic E-state index is 11.2. The molecular weight excluding hydrogens is 222 g/mol. The van der Waals surface area contributed by atoms with Gasteiger partial charge in [-0.1, -0.05) is 51.9 Å². The maximum Gasteiger partial charge on any atom is 0.0863 e. The highest BCUT2D eigenvalue weighted by molar-refractivity contribution is 5.15. The zero-order chi connectivity index (χ0) is 13.1. The van der Waals surface area contributed by atoms with E-state index in [9.17, 15) is 10.4 Å². The van der Waals surface area contributed by atoms with E-state index < -0.39 is 11.0 Å². The molecule has 0 bridgehead atoms. The number of rotatable bonds is 2. The lowest BCUT2D eigenvalue weighted by molar-refractivity contribution is -0.0969. The van der Waals surface area contributed by atoms with Crippen molar-refractivity contribution in [2.45, 2.75) is 83.2 Å². The highest BCUT2D eigenvalue weighted by atomic mass is 16.3. The topological polar surface area (TPSA) is 44.0 Å². The Morgan fingerprint density at radius 1 is 1.06 bits per heavy atom. The Balaban J connectivity index is 2.26. The van der Waals surface area contributed by atoms with Crippen LogP contribution < -0.4 is 0 Å². The lowest BCUT2D eigenvalue weighted by atomic mass is 9.61. The number of nitrogens with zero attached hydrogens (tertiary/aromatic N) is 1. The van der Waals surface area contributed by atoms with E-state index in [-0.39, 0.29) is 0 Å². The van der Waals surface area contributed by atoms with Crippen LogP contribution in [0.1, 0.15) is 77.6 Å². The molecule has 0 aromatic carbocycles. The van der Waals surface area contributed by atoms with Crippen molar-refractivity contribution < 1.29 is 5.11 Å². The first-order valence-corrected chi connectivity index (χ1v) is 7.82. The molecular formula is C16H27NO. The van der Waals surface area contributed by atoms with Gasteiger partial charge >= 0.3 is 0 Å². The smallest absolute Gasteiger partial charge is 0.0863 e. The van der Waals surface area contributed by atoms with Gasteiger partial charge in [0.2, 0.25) is 0 Å². The highest BCUT2D eigenvalue weighted by Gasteiger charge is 2.55. The van der Waals surface area contributed by atoms with Gasteiger partial charge in [-0.3, -0.25) is 0 Å². The van der Waals surface area contributed by atoms with Crippen LogP contribution in [-0.4, -0.2) is 10.7 Å². The number of hydrogen-bond donors (Lipinski definition) is 1. The SMILES string of the molecule is CCC1CCCC1(O)C1(C#N)CCCCCCC1. The van der Waals surface area contributed by atoms with Gasteiger partial charge in [0.05, 0.1) is 17.1 Å². The summed E-state index contributed by atoms with van der Waals surface area (Å²) in [5.41, 5.74) is -1.15. The van der Waals surface area contributed by atoms with Crippen LogP contribution >= 0.6 is 0 Å². The van der Waals surface area contributed by atoms with Gasteiger partial charge in [0.1, 0.15) is 0 Å². The van der Waals surface area contributed by atoms with E-state index >= 15 is 0 Å². The van der Waals surface area contributed by atoms with E-state index in [1.807, 2.05) is 0 Å². The van der Waals surface area contributed by atoms with Crippen LogP contribution in [0.3, 0.4) is 0 Å². The van der Waals surface area contributed by atoms with Crippen molar-refractivity contribution in [3.8, 4) is 6.07 Å². The van der Waals surface area contributed by atoms with Crippen molar-refractivity contribution in [3.63, 3.8) is 0 Å². The van der Waals surface area contributed by atoms with Crippen LogP contribution in [0.5, 0.6) is 0 Å². The third-order valence-corrected chi connectivity index (χ3v) is 5.53. The summed E-state index contributed by atoms with van der Waals surface area (Å²) >= 11 is 0. The van der Waals surface area contributed by atoms with Crippen molar-refractivity contribution in [1.82, 2.24) is 0 Å². The fourth-order valence-corrected chi connectivity index (χ4v) is 4.38. The predicted molar refractivity (Wildman–Crippen MR) is 72.9 cm³/mol. The Hall–Kier alpha value is -0.550. The summed E-state index contributed by atoms with van der Waals surface area (Å²) in [6.45, 7) is 2.16. The molecule has 0 amide bonds. The zero-order valence-corrected chi connectivity index (χ0v) is 11.7. The minimum Gasteiger partial charge on any atom is -0.388 e. The Kier molecular flexibility index (Phi) is 4.33. The Labute approximate surface area is 111 Å². The van der Waals surface area contributed by atoms with E-state index in [1.54, 1.807) is 0 Å².